The lowest BCUT2D eigenvalue weighted by molar-refractivity contribution is -0.176. The van der Waals surface area contributed by atoms with Gasteiger partial charge in [-0.05, 0) is 23.7 Å². The van der Waals surface area contributed by atoms with Gasteiger partial charge >= 0.3 is 0 Å². The Balaban J connectivity index is 0.000000240. The van der Waals surface area contributed by atoms with Gasteiger partial charge in [-0.25, -0.2) is 0 Å². The minimum absolute atomic E-state index is 0.0359. The smallest absolute Gasteiger partial charge is 0.109 e. The van der Waals surface area contributed by atoms with Crippen molar-refractivity contribution in [3.63, 3.8) is 0 Å². The number of aliphatic hydroxyl groups is 7. The molecule has 0 aromatic heterocycles. The zero-order valence-electron chi connectivity index (χ0n) is 15.1. The molecule has 0 aliphatic heterocycles. The third-order valence-corrected chi connectivity index (χ3v) is 6.29. The van der Waals surface area contributed by atoms with Crippen LogP contribution in [0.2, 0.25) is 0 Å². The SMILES string of the molecule is CC1C(C)C(O)C(O)C(C)C1O.CC1C(C)C(O)C(O)C(O)C1O. The molecule has 24 heavy (non-hydrogen) atoms. The lowest BCUT2D eigenvalue weighted by Crippen LogP contribution is -2.56. The maximum atomic E-state index is 9.63. The van der Waals surface area contributed by atoms with Gasteiger partial charge < -0.3 is 35.7 Å². The van der Waals surface area contributed by atoms with Crippen molar-refractivity contribution in [3.05, 3.63) is 0 Å². The van der Waals surface area contributed by atoms with E-state index in [-0.39, 0.29) is 29.6 Å². The van der Waals surface area contributed by atoms with Crippen molar-refractivity contribution >= 4 is 0 Å². The largest absolute Gasteiger partial charge is 0.392 e. The van der Waals surface area contributed by atoms with E-state index in [9.17, 15) is 35.7 Å². The quantitative estimate of drug-likeness (QED) is 0.288. The Kier molecular flexibility index (Phi) is 7.62. The maximum absolute atomic E-state index is 9.63. The van der Waals surface area contributed by atoms with E-state index in [1.54, 1.807) is 20.8 Å². The van der Waals surface area contributed by atoms with Gasteiger partial charge in [0.2, 0.25) is 0 Å². The van der Waals surface area contributed by atoms with E-state index in [0.717, 1.165) is 0 Å². The summed E-state index contributed by atoms with van der Waals surface area (Å²) in [5.41, 5.74) is 0. The third-order valence-electron chi connectivity index (χ3n) is 6.29. The van der Waals surface area contributed by atoms with Gasteiger partial charge in [0.1, 0.15) is 12.2 Å². The van der Waals surface area contributed by atoms with Gasteiger partial charge in [0.25, 0.3) is 0 Å². The topological polar surface area (TPSA) is 142 Å². The molecule has 2 fully saturated rings. The molecule has 0 aromatic rings. The summed E-state index contributed by atoms with van der Waals surface area (Å²) in [4.78, 5) is 0. The van der Waals surface area contributed by atoms with Crippen LogP contribution in [0.3, 0.4) is 0 Å². The molecule has 0 radical (unpaired) electrons. The Bertz CT molecular complexity index is 240. The Labute approximate surface area is 143 Å². The molecule has 7 N–H and O–H groups in total. The zero-order chi connectivity index (χ0) is 18.9. The molecule has 7 heteroatoms. The van der Waals surface area contributed by atoms with Crippen LogP contribution >= 0.6 is 0 Å². The highest BCUT2D eigenvalue weighted by atomic mass is 16.4. The van der Waals surface area contributed by atoms with Crippen molar-refractivity contribution in [2.24, 2.45) is 29.6 Å². The number of rotatable bonds is 0. The van der Waals surface area contributed by atoms with Gasteiger partial charge in [-0.3, -0.25) is 0 Å². The first-order valence-corrected chi connectivity index (χ1v) is 8.69. The fourth-order valence-corrected chi connectivity index (χ4v) is 3.57. The average Bonchev–Trinajstić information content (AvgIpc) is 2.58. The van der Waals surface area contributed by atoms with Crippen molar-refractivity contribution in [1.82, 2.24) is 0 Å². The average molecular weight is 350 g/mol. The van der Waals surface area contributed by atoms with Crippen molar-refractivity contribution in [3.8, 4) is 0 Å². The predicted octanol–water partition coefficient (Wildman–Crippen LogP) is -1.29. The van der Waals surface area contributed by atoms with Crippen LogP contribution in [0.15, 0.2) is 0 Å². The van der Waals surface area contributed by atoms with Crippen LogP contribution in [0.4, 0.5) is 0 Å². The summed E-state index contributed by atoms with van der Waals surface area (Å²) in [6, 6.07) is 0. The monoisotopic (exact) mass is 350 g/mol. The molecule has 0 spiro atoms. The molecule has 0 heterocycles. The standard InChI is InChI=1S/C9H18O3.C8H16O4/c1-4-5(2)8(11)9(12)6(3)7(4)10;1-3-4(2)6(10)8(12)7(11)5(3)9/h4-12H,1-3H3;3-12H,1-2H3. The van der Waals surface area contributed by atoms with Gasteiger partial charge in [-0.2, -0.15) is 0 Å². The van der Waals surface area contributed by atoms with Crippen molar-refractivity contribution in [1.29, 1.82) is 0 Å². The summed E-state index contributed by atoms with van der Waals surface area (Å²) in [6.45, 7) is 9.01. The van der Waals surface area contributed by atoms with Gasteiger partial charge in [0.05, 0.1) is 30.5 Å². The zero-order valence-corrected chi connectivity index (χ0v) is 15.1. The fourth-order valence-electron chi connectivity index (χ4n) is 3.57. The fraction of sp³-hybridized carbons (Fsp3) is 1.00. The van der Waals surface area contributed by atoms with Crippen LogP contribution in [-0.4, -0.2) is 78.5 Å². The Morgan fingerprint density at radius 1 is 0.292 bits per heavy atom. The van der Waals surface area contributed by atoms with Gasteiger partial charge in [0, 0.05) is 5.92 Å². The van der Waals surface area contributed by atoms with E-state index in [1.165, 1.54) is 0 Å². The molecular formula is C17H34O7. The summed E-state index contributed by atoms with van der Waals surface area (Å²) in [6.07, 6.45) is -6.34. The molecule has 0 bridgehead atoms. The van der Waals surface area contributed by atoms with Crippen LogP contribution in [0.25, 0.3) is 0 Å². The first kappa shape index (κ1) is 21.8. The Morgan fingerprint density at radius 2 is 0.500 bits per heavy atom. The van der Waals surface area contributed by atoms with E-state index in [1.807, 2.05) is 13.8 Å². The molecule has 0 aromatic carbocycles. The number of hydrogen-bond donors (Lipinski definition) is 7. The molecule has 7 nitrogen and oxygen atoms in total. The lowest BCUT2D eigenvalue weighted by Gasteiger charge is -2.42. The second-order valence-corrected chi connectivity index (χ2v) is 7.73. The van der Waals surface area contributed by atoms with Crippen LogP contribution < -0.4 is 0 Å². The molecule has 0 saturated heterocycles. The van der Waals surface area contributed by atoms with Gasteiger partial charge in [0.15, 0.2) is 0 Å². The predicted molar refractivity (Wildman–Crippen MR) is 87.9 cm³/mol. The molecule has 12 atom stereocenters. The summed E-state index contributed by atoms with van der Waals surface area (Å²) >= 11 is 0. The van der Waals surface area contributed by atoms with Crippen LogP contribution in [0, 0.1) is 29.6 Å². The Hall–Kier alpha value is -0.280. The van der Waals surface area contributed by atoms with Crippen LogP contribution in [0.5, 0.6) is 0 Å². The molecular weight excluding hydrogens is 316 g/mol. The normalized spacial score (nSPS) is 55.5. The minimum Gasteiger partial charge on any atom is -0.392 e. The van der Waals surface area contributed by atoms with Crippen LogP contribution in [0.1, 0.15) is 34.6 Å². The first-order chi connectivity index (χ1) is 10.9. The molecule has 12 unspecified atom stereocenters. The maximum Gasteiger partial charge on any atom is 0.109 e. The van der Waals surface area contributed by atoms with Crippen molar-refractivity contribution < 1.29 is 35.7 Å². The van der Waals surface area contributed by atoms with Crippen molar-refractivity contribution in [2.75, 3.05) is 0 Å². The van der Waals surface area contributed by atoms with E-state index in [2.05, 4.69) is 0 Å². The second-order valence-electron chi connectivity index (χ2n) is 7.73. The van der Waals surface area contributed by atoms with E-state index < -0.39 is 42.7 Å². The summed E-state index contributed by atoms with van der Waals surface area (Å²) in [5, 5.41) is 65.9. The molecule has 144 valence electrons. The van der Waals surface area contributed by atoms with Crippen LogP contribution in [-0.2, 0) is 0 Å². The van der Waals surface area contributed by atoms with E-state index in [4.69, 9.17) is 0 Å². The highest BCUT2D eigenvalue weighted by Gasteiger charge is 2.44. The van der Waals surface area contributed by atoms with E-state index in [0.29, 0.717) is 0 Å². The highest BCUT2D eigenvalue weighted by molar-refractivity contribution is 4.94. The second kappa shape index (κ2) is 8.40. The van der Waals surface area contributed by atoms with Gasteiger partial charge in [-0.1, -0.05) is 34.6 Å². The molecule has 0 amide bonds. The third kappa shape index (κ3) is 4.09. The Morgan fingerprint density at radius 3 is 0.833 bits per heavy atom. The van der Waals surface area contributed by atoms with Crippen molar-refractivity contribution in [2.45, 2.75) is 77.3 Å². The van der Waals surface area contributed by atoms with E-state index >= 15 is 0 Å². The summed E-state index contributed by atoms with van der Waals surface area (Å²) < 4.78 is 0. The molecule has 2 aliphatic rings. The summed E-state index contributed by atoms with van der Waals surface area (Å²) in [7, 11) is 0. The highest BCUT2D eigenvalue weighted by Crippen LogP contribution is 2.34. The minimum atomic E-state index is -1.23. The molecule has 2 rings (SSSR count). The molecule has 2 aliphatic carbocycles. The van der Waals surface area contributed by atoms with Gasteiger partial charge in [-0.15, -0.1) is 0 Å². The summed E-state index contributed by atoms with van der Waals surface area (Å²) in [5.74, 6) is -0.604. The number of hydrogen-bond acceptors (Lipinski definition) is 7. The first-order valence-electron chi connectivity index (χ1n) is 8.69. The number of aliphatic hydroxyl groups excluding tert-OH is 7. The lowest BCUT2D eigenvalue weighted by atomic mass is 9.71. The molecule has 2 saturated carbocycles.